The Kier molecular flexibility index (Phi) is 3.82. The Bertz CT molecular complexity index is 456. The smallest absolute Gasteiger partial charge is 0.0738 e. The SMILES string of the molecule is CCc1ccc(C(Br)c2ccc(C)s2)cc1. The summed E-state index contributed by atoms with van der Waals surface area (Å²) in [7, 11) is 0. The Morgan fingerprint density at radius 2 is 1.81 bits per heavy atom. The molecule has 16 heavy (non-hydrogen) atoms. The van der Waals surface area contributed by atoms with E-state index in [9.17, 15) is 0 Å². The van der Waals surface area contributed by atoms with Crippen LogP contribution < -0.4 is 0 Å². The number of rotatable bonds is 3. The molecule has 1 atom stereocenters. The van der Waals surface area contributed by atoms with Gasteiger partial charge in [-0.2, -0.15) is 0 Å². The molecule has 0 N–H and O–H groups in total. The van der Waals surface area contributed by atoms with Gasteiger partial charge in [0.2, 0.25) is 0 Å². The van der Waals surface area contributed by atoms with E-state index in [1.165, 1.54) is 20.9 Å². The van der Waals surface area contributed by atoms with Crippen LogP contribution in [-0.4, -0.2) is 0 Å². The predicted molar refractivity (Wildman–Crippen MR) is 75.6 cm³/mol. The summed E-state index contributed by atoms with van der Waals surface area (Å²) in [4.78, 5) is 3.07. The van der Waals surface area contributed by atoms with Crippen LogP contribution in [0.3, 0.4) is 0 Å². The average Bonchev–Trinajstić information content (AvgIpc) is 2.75. The highest BCUT2D eigenvalue weighted by Gasteiger charge is 2.11. The standard InChI is InChI=1S/C14H15BrS/c1-3-11-5-7-12(8-6-11)14(15)13-9-4-10(2)16-13/h4-9,14H,3H2,1-2H3. The van der Waals surface area contributed by atoms with Gasteiger partial charge >= 0.3 is 0 Å². The fraction of sp³-hybridized carbons (Fsp3) is 0.286. The molecule has 1 aromatic heterocycles. The van der Waals surface area contributed by atoms with Gasteiger partial charge in [-0.05, 0) is 36.6 Å². The van der Waals surface area contributed by atoms with Crippen molar-refractivity contribution in [2.75, 3.05) is 0 Å². The lowest BCUT2D eigenvalue weighted by molar-refractivity contribution is 1.12. The highest BCUT2D eigenvalue weighted by molar-refractivity contribution is 9.09. The maximum atomic E-state index is 3.76. The quantitative estimate of drug-likeness (QED) is 0.691. The summed E-state index contributed by atoms with van der Waals surface area (Å²) in [6, 6.07) is 13.2. The van der Waals surface area contributed by atoms with Crippen molar-refractivity contribution in [3.05, 3.63) is 57.3 Å². The molecule has 2 aromatic rings. The van der Waals surface area contributed by atoms with E-state index in [1.54, 1.807) is 0 Å². The van der Waals surface area contributed by atoms with Crippen LogP contribution in [0.5, 0.6) is 0 Å². The summed E-state index contributed by atoms with van der Waals surface area (Å²) in [5.74, 6) is 0. The van der Waals surface area contributed by atoms with Gasteiger partial charge < -0.3 is 0 Å². The van der Waals surface area contributed by atoms with E-state index in [2.05, 4.69) is 66.2 Å². The third-order valence-electron chi connectivity index (χ3n) is 2.69. The zero-order valence-corrected chi connectivity index (χ0v) is 11.9. The second-order valence-electron chi connectivity index (χ2n) is 3.91. The summed E-state index contributed by atoms with van der Waals surface area (Å²) in [5, 5.41) is 0. The first kappa shape index (κ1) is 11.9. The van der Waals surface area contributed by atoms with E-state index < -0.39 is 0 Å². The molecule has 2 rings (SSSR count). The molecule has 2 heteroatoms. The van der Waals surface area contributed by atoms with Crippen molar-refractivity contribution >= 4 is 27.3 Å². The van der Waals surface area contributed by atoms with Crippen molar-refractivity contribution in [3.8, 4) is 0 Å². The molecule has 0 aliphatic carbocycles. The first-order valence-electron chi connectivity index (χ1n) is 5.50. The van der Waals surface area contributed by atoms with E-state index >= 15 is 0 Å². The Balaban J connectivity index is 2.23. The Morgan fingerprint density at radius 1 is 1.12 bits per heavy atom. The average molecular weight is 295 g/mol. The molecule has 0 radical (unpaired) electrons. The minimum atomic E-state index is 0.331. The van der Waals surface area contributed by atoms with Gasteiger partial charge in [0.25, 0.3) is 0 Å². The third kappa shape index (κ3) is 2.55. The summed E-state index contributed by atoms with van der Waals surface area (Å²) in [6.07, 6.45) is 1.10. The lowest BCUT2D eigenvalue weighted by atomic mass is 10.1. The summed E-state index contributed by atoms with van der Waals surface area (Å²) in [5.41, 5.74) is 2.73. The van der Waals surface area contributed by atoms with Gasteiger partial charge in [-0.1, -0.05) is 47.1 Å². The maximum absolute atomic E-state index is 3.76. The lowest BCUT2D eigenvalue weighted by Crippen LogP contribution is -1.90. The molecule has 0 bridgehead atoms. The normalized spacial score (nSPS) is 12.7. The predicted octanol–water partition coefficient (Wildman–Crippen LogP) is 5.10. The van der Waals surface area contributed by atoms with E-state index in [-0.39, 0.29) is 0 Å². The molecule has 0 nitrogen and oxygen atoms in total. The van der Waals surface area contributed by atoms with Crippen LogP contribution in [-0.2, 0) is 6.42 Å². The molecule has 0 spiro atoms. The highest BCUT2D eigenvalue weighted by Crippen LogP contribution is 2.35. The molecular weight excluding hydrogens is 280 g/mol. The topological polar surface area (TPSA) is 0 Å². The molecule has 0 fully saturated rings. The molecule has 0 amide bonds. The van der Waals surface area contributed by atoms with Gasteiger partial charge in [0, 0.05) is 9.75 Å². The van der Waals surface area contributed by atoms with Crippen LogP contribution >= 0.6 is 27.3 Å². The Hall–Kier alpha value is -0.600. The van der Waals surface area contributed by atoms with Crippen molar-refractivity contribution in [1.82, 2.24) is 0 Å². The number of hydrogen-bond acceptors (Lipinski definition) is 1. The lowest BCUT2D eigenvalue weighted by Gasteiger charge is -2.08. The van der Waals surface area contributed by atoms with Crippen LogP contribution in [0, 0.1) is 6.92 Å². The Morgan fingerprint density at radius 3 is 2.31 bits per heavy atom. The first-order valence-corrected chi connectivity index (χ1v) is 7.23. The molecule has 0 saturated carbocycles. The van der Waals surface area contributed by atoms with Crippen molar-refractivity contribution < 1.29 is 0 Å². The van der Waals surface area contributed by atoms with Gasteiger partial charge in [0.1, 0.15) is 0 Å². The van der Waals surface area contributed by atoms with E-state index in [4.69, 9.17) is 0 Å². The van der Waals surface area contributed by atoms with Gasteiger partial charge in [0.05, 0.1) is 4.83 Å². The molecule has 0 aliphatic rings. The third-order valence-corrected chi connectivity index (χ3v) is 5.08. The number of aryl methyl sites for hydroxylation is 2. The zero-order valence-electron chi connectivity index (χ0n) is 9.53. The number of benzene rings is 1. The molecule has 1 aromatic carbocycles. The second-order valence-corrected chi connectivity index (χ2v) is 6.14. The molecule has 0 saturated heterocycles. The van der Waals surface area contributed by atoms with E-state index in [0.29, 0.717) is 4.83 Å². The molecule has 1 unspecified atom stereocenters. The minimum Gasteiger partial charge on any atom is -0.144 e. The monoisotopic (exact) mass is 294 g/mol. The van der Waals surface area contributed by atoms with Gasteiger partial charge in [-0.25, -0.2) is 0 Å². The molecular formula is C14H15BrS. The van der Waals surface area contributed by atoms with Crippen LogP contribution in [0.25, 0.3) is 0 Å². The fourth-order valence-electron chi connectivity index (χ4n) is 1.68. The van der Waals surface area contributed by atoms with Crippen molar-refractivity contribution in [1.29, 1.82) is 0 Å². The summed E-state index contributed by atoms with van der Waals surface area (Å²) in [6.45, 7) is 4.33. The van der Waals surface area contributed by atoms with Gasteiger partial charge in [-0.15, -0.1) is 11.3 Å². The largest absolute Gasteiger partial charge is 0.144 e. The Labute approximate surface area is 109 Å². The minimum absolute atomic E-state index is 0.331. The number of hydrogen-bond donors (Lipinski definition) is 0. The van der Waals surface area contributed by atoms with E-state index in [1.807, 2.05) is 11.3 Å². The van der Waals surface area contributed by atoms with Crippen LogP contribution in [0.1, 0.15) is 32.6 Å². The second kappa shape index (κ2) is 5.15. The number of halogens is 1. The van der Waals surface area contributed by atoms with Crippen molar-refractivity contribution in [2.24, 2.45) is 0 Å². The van der Waals surface area contributed by atoms with Gasteiger partial charge in [-0.3, -0.25) is 0 Å². The number of alkyl halides is 1. The molecule has 0 aliphatic heterocycles. The van der Waals surface area contributed by atoms with Crippen LogP contribution in [0.2, 0.25) is 0 Å². The van der Waals surface area contributed by atoms with Crippen LogP contribution in [0.15, 0.2) is 36.4 Å². The molecule has 1 heterocycles. The highest BCUT2D eigenvalue weighted by atomic mass is 79.9. The fourth-order valence-corrected chi connectivity index (χ4v) is 3.30. The van der Waals surface area contributed by atoms with E-state index in [0.717, 1.165) is 6.42 Å². The maximum Gasteiger partial charge on any atom is 0.0738 e. The van der Waals surface area contributed by atoms with Crippen LogP contribution in [0.4, 0.5) is 0 Å². The summed E-state index contributed by atoms with van der Waals surface area (Å²) >= 11 is 5.62. The molecule has 84 valence electrons. The van der Waals surface area contributed by atoms with Crippen molar-refractivity contribution in [2.45, 2.75) is 25.1 Å². The summed E-state index contributed by atoms with van der Waals surface area (Å²) < 4.78 is 0. The number of thiophene rings is 1. The zero-order chi connectivity index (χ0) is 11.5. The van der Waals surface area contributed by atoms with Crippen molar-refractivity contribution in [3.63, 3.8) is 0 Å². The van der Waals surface area contributed by atoms with Gasteiger partial charge in [0.15, 0.2) is 0 Å². The first-order chi connectivity index (χ1) is 7.70.